The first-order chi connectivity index (χ1) is 8.18. The smallest absolute Gasteiger partial charge is 0.227 e. The second-order valence-corrected chi connectivity index (χ2v) is 4.97. The Morgan fingerprint density at radius 3 is 2.88 bits per heavy atom. The van der Waals surface area contributed by atoms with E-state index in [1.165, 1.54) is 0 Å². The molecule has 0 saturated carbocycles. The molecule has 1 aliphatic rings. The SMILES string of the molecule is NC1COCC1C(=O)NCc1ccccc1Br. The summed E-state index contributed by atoms with van der Waals surface area (Å²) in [5.74, 6) is -0.261. The summed E-state index contributed by atoms with van der Waals surface area (Å²) >= 11 is 3.44. The van der Waals surface area contributed by atoms with Crippen LogP contribution in [0, 0.1) is 5.92 Å². The van der Waals surface area contributed by atoms with Crippen molar-refractivity contribution in [2.75, 3.05) is 13.2 Å². The summed E-state index contributed by atoms with van der Waals surface area (Å²) in [4.78, 5) is 11.9. The maximum absolute atomic E-state index is 11.9. The van der Waals surface area contributed by atoms with Gasteiger partial charge in [0.25, 0.3) is 0 Å². The number of halogens is 1. The Bertz CT molecular complexity index is 411. The molecule has 4 nitrogen and oxygen atoms in total. The number of hydrogen-bond donors (Lipinski definition) is 2. The van der Waals surface area contributed by atoms with Crippen LogP contribution in [-0.2, 0) is 16.1 Å². The Hall–Kier alpha value is -0.910. The molecule has 1 aromatic carbocycles. The van der Waals surface area contributed by atoms with Gasteiger partial charge in [-0.25, -0.2) is 0 Å². The molecular weight excluding hydrogens is 284 g/mol. The van der Waals surface area contributed by atoms with E-state index in [2.05, 4.69) is 21.2 Å². The fourth-order valence-corrected chi connectivity index (χ4v) is 2.22. The molecule has 3 N–H and O–H groups in total. The lowest BCUT2D eigenvalue weighted by Gasteiger charge is -2.13. The Morgan fingerprint density at radius 1 is 1.47 bits per heavy atom. The highest BCUT2D eigenvalue weighted by Crippen LogP contribution is 2.16. The fraction of sp³-hybridized carbons (Fsp3) is 0.417. The molecule has 0 spiro atoms. The number of amides is 1. The van der Waals surface area contributed by atoms with E-state index in [1.807, 2.05) is 24.3 Å². The van der Waals surface area contributed by atoms with E-state index in [1.54, 1.807) is 0 Å². The van der Waals surface area contributed by atoms with Crippen LogP contribution in [-0.4, -0.2) is 25.2 Å². The zero-order chi connectivity index (χ0) is 12.3. The first-order valence-corrected chi connectivity index (χ1v) is 6.32. The lowest BCUT2D eigenvalue weighted by atomic mass is 10.0. The topological polar surface area (TPSA) is 64.3 Å². The van der Waals surface area contributed by atoms with Crippen molar-refractivity contribution >= 4 is 21.8 Å². The molecule has 1 amide bonds. The number of benzene rings is 1. The van der Waals surface area contributed by atoms with Crippen molar-refractivity contribution in [3.63, 3.8) is 0 Å². The van der Waals surface area contributed by atoms with Gasteiger partial charge in [0.15, 0.2) is 0 Å². The molecule has 5 heteroatoms. The standard InChI is InChI=1S/C12H15BrN2O2/c13-10-4-2-1-3-8(10)5-15-12(16)9-6-17-7-11(9)14/h1-4,9,11H,5-7,14H2,(H,15,16). The Balaban J connectivity index is 1.90. The summed E-state index contributed by atoms with van der Waals surface area (Å²) in [7, 11) is 0. The van der Waals surface area contributed by atoms with Crippen molar-refractivity contribution in [3.8, 4) is 0 Å². The van der Waals surface area contributed by atoms with Gasteiger partial charge in [0, 0.05) is 17.1 Å². The first kappa shape index (κ1) is 12.5. The molecule has 1 aliphatic heterocycles. The third kappa shape index (κ3) is 3.06. The van der Waals surface area contributed by atoms with Gasteiger partial charge in [-0.1, -0.05) is 34.1 Å². The van der Waals surface area contributed by atoms with Crippen LogP contribution in [0.15, 0.2) is 28.7 Å². The molecule has 1 fully saturated rings. The maximum Gasteiger partial charge on any atom is 0.227 e. The minimum atomic E-state index is -0.225. The van der Waals surface area contributed by atoms with E-state index in [4.69, 9.17) is 10.5 Å². The monoisotopic (exact) mass is 298 g/mol. The maximum atomic E-state index is 11.9. The normalized spacial score (nSPS) is 23.6. The van der Waals surface area contributed by atoms with Gasteiger partial charge in [-0.3, -0.25) is 4.79 Å². The molecule has 92 valence electrons. The van der Waals surface area contributed by atoms with Crippen molar-refractivity contribution < 1.29 is 9.53 Å². The fourth-order valence-electron chi connectivity index (χ4n) is 1.80. The van der Waals surface area contributed by atoms with E-state index in [0.29, 0.717) is 19.8 Å². The quantitative estimate of drug-likeness (QED) is 0.876. The first-order valence-electron chi connectivity index (χ1n) is 5.53. The van der Waals surface area contributed by atoms with Gasteiger partial charge < -0.3 is 15.8 Å². The van der Waals surface area contributed by atoms with Crippen LogP contribution in [0.2, 0.25) is 0 Å². The van der Waals surface area contributed by atoms with E-state index in [-0.39, 0.29) is 17.9 Å². The van der Waals surface area contributed by atoms with Gasteiger partial charge in [0.05, 0.1) is 19.1 Å². The average molecular weight is 299 g/mol. The predicted octanol–water partition coefficient (Wildman–Crippen LogP) is 1.04. The molecule has 0 radical (unpaired) electrons. The average Bonchev–Trinajstić information content (AvgIpc) is 2.74. The van der Waals surface area contributed by atoms with Crippen LogP contribution in [0.5, 0.6) is 0 Å². The van der Waals surface area contributed by atoms with Gasteiger partial charge in [-0.05, 0) is 11.6 Å². The second kappa shape index (κ2) is 5.62. The summed E-state index contributed by atoms with van der Waals surface area (Å²) < 4.78 is 6.16. The van der Waals surface area contributed by atoms with Crippen molar-refractivity contribution in [2.24, 2.45) is 11.7 Å². The minimum absolute atomic E-state index is 0.0363. The number of ether oxygens (including phenoxy) is 1. The van der Waals surface area contributed by atoms with Crippen LogP contribution in [0.1, 0.15) is 5.56 Å². The molecule has 0 aromatic heterocycles. The van der Waals surface area contributed by atoms with Crippen LogP contribution in [0.3, 0.4) is 0 Å². The molecule has 1 aromatic rings. The highest BCUT2D eigenvalue weighted by atomic mass is 79.9. The zero-order valence-corrected chi connectivity index (χ0v) is 10.9. The van der Waals surface area contributed by atoms with Crippen LogP contribution >= 0.6 is 15.9 Å². The van der Waals surface area contributed by atoms with Gasteiger partial charge in [-0.2, -0.15) is 0 Å². The van der Waals surface area contributed by atoms with Crippen LogP contribution in [0.4, 0.5) is 0 Å². The number of nitrogens with two attached hydrogens (primary N) is 1. The second-order valence-electron chi connectivity index (χ2n) is 4.12. The minimum Gasteiger partial charge on any atom is -0.379 e. The predicted molar refractivity (Wildman–Crippen MR) is 68.3 cm³/mol. The molecule has 17 heavy (non-hydrogen) atoms. The number of hydrogen-bond acceptors (Lipinski definition) is 3. The summed E-state index contributed by atoms with van der Waals surface area (Å²) in [6.07, 6.45) is 0. The van der Waals surface area contributed by atoms with Crippen LogP contribution in [0.25, 0.3) is 0 Å². The van der Waals surface area contributed by atoms with Gasteiger partial charge in [0.1, 0.15) is 0 Å². The highest BCUT2D eigenvalue weighted by molar-refractivity contribution is 9.10. The third-order valence-electron chi connectivity index (χ3n) is 2.87. The van der Waals surface area contributed by atoms with Crippen molar-refractivity contribution in [1.82, 2.24) is 5.32 Å². The molecule has 2 atom stereocenters. The Morgan fingerprint density at radius 2 is 2.24 bits per heavy atom. The highest BCUT2D eigenvalue weighted by Gasteiger charge is 2.30. The number of carbonyl (C=O) groups excluding carboxylic acids is 1. The third-order valence-corrected chi connectivity index (χ3v) is 3.65. The van der Waals surface area contributed by atoms with Gasteiger partial charge in [0.2, 0.25) is 5.91 Å². The molecule has 2 unspecified atom stereocenters. The summed E-state index contributed by atoms with van der Waals surface area (Å²) in [5.41, 5.74) is 6.83. The van der Waals surface area contributed by atoms with Crippen molar-refractivity contribution in [2.45, 2.75) is 12.6 Å². The number of carbonyl (C=O) groups is 1. The van der Waals surface area contributed by atoms with Crippen molar-refractivity contribution in [1.29, 1.82) is 0 Å². The molecule has 2 rings (SSSR count). The lowest BCUT2D eigenvalue weighted by molar-refractivity contribution is -0.125. The molecule has 1 saturated heterocycles. The van der Waals surface area contributed by atoms with E-state index in [0.717, 1.165) is 10.0 Å². The van der Waals surface area contributed by atoms with Gasteiger partial charge in [-0.15, -0.1) is 0 Å². The van der Waals surface area contributed by atoms with Gasteiger partial charge >= 0.3 is 0 Å². The largest absolute Gasteiger partial charge is 0.379 e. The molecule has 0 aliphatic carbocycles. The Labute approximate surface area is 109 Å². The van der Waals surface area contributed by atoms with Crippen LogP contribution < -0.4 is 11.1 Å². The molecule has 0 bridgehead atoms. The number of nitrogens with one attached hydrogen (secondary N) is 1. The van der Waals surface area contributed by atoms with E-state index >= 15 is 0 Å². The van der Waals surface area contributed by atoms with Crippen molar-refractivity contribution in [3.05, 3.63) is 34.3 Å². The molecule has 1 heterocycles. The van der Waals surface area contributed by atoms with E-state index < -0.39 is 0 Å². The lowest BCUT2D eigenvalue weighted by Crippen LogP contribution is -2.40. The Kier molecular flexibility index (Phi) is 4.15. The number of rotatable bonds is 3. The summed E-state index contributed by atoms with van der Waals surface area (Å²) in [5, 5.41) is 2.88. The summed E-state index contributed by atoms with van der Waals surface area (Å²) in [6.45, 7) is 1.39. The summed E-state index contributed by atoms with van der Waals surface area (Å²) in [6, 6.07) is 7.61. The molecular formula is C12H15BrN2O2. The van der Waals surface area contributed by atoms with E-state index in [9.17, 15) is 4.79 Å². The zero-order valence-electron chi connectivity index (χ0n) is 9.36.